The molecule has 1 N–H and O–H groups in total. The van der Waals surface area contributed by atoms with Crippen molar-refractivity contribution in [3.05, 3.63) is 77.6 Å². The minimum atomic E-state index is -5.08. The quantitative estimate of drug-likeness (QED) is 0.400. The number of nitriles is 1. The third-order valence-corrected chi connectivity index (χ3v) is 7.10. The van der Waals surface area contributed by atoms with Crippen molar-refractivity contribution in [3.8, 4) is 6.07 Å². The number of hydrogen-bond donors (Lipinski definition) is 1. The van der Waals surface area contributed by atoms with Crippen LogP contribution in [-0.4, -0.2) is 35.6 Å². The van der Waals surface area contributed by atoms with Crippen LogP contribution >= 0.6 is 11.3 Å². The van der Waals surface area contributed by atoms with Crippen LogP contribution in [0.4, 0.5) is 24.0 Å². The number of aryl methyl sites for hydroxylation is 1. The summed E-state index contributed by atoms with van der Waals surface area (Å²) in [6.45, 7) is 1.78. The number of thiazole rings is 1. The van der Waals surface area contributed by atoms with Gasteiger partial charge in [-0.15, -0.1) is 11.3 Å². The van der Waals surface area contributed by atoms with E-state index in [0.29, 0.717) is 21.9 Å². The van der Waals surface area contributed by atoms with Gasteiger partial charge in [-0.1, -0.05) is 6.07 Å². The molecule has 0 aliphatic rings. The molecular formula is C22H15F3N4O4S2. The SMILES string of the molecule is Cc1cc(C#N)ccc1N(c1nccs1)S(=O)(=O)c1ccc2cnccc2c1.O=C(O)C(F)(F)F. The van der Waals surface area contributed by atoms with Crippen LogP contribution in [0.25, 0.3) is 10.8 Å². The van der Waals surface area contributed by atoms with E-state index in [9.17, 15) is 21.6 Å². The van der Waals surface area contributed by atoms with Crippen LogP contribution in [0, 0.1) is 18.3 Å². The van der Waals surface area contributed by atoms with E-state index < -0.39 is 22.2 Å². The van der Waals surface area contributed by atoms with E-state index in [2.05, 4.69) is 16.0 Å². The molecule has 0 saturated carbocycles. The molecule has 2 aromatic heterocycles. The average molecular weight is 521 g/mol. The minimum Gasteiger partial charge on any atom is -0.475 e. The van der Waals surface area contributed by atoms with Gasteiger partial charge < -0.3 is 5.11 Å². The molecule has 0 atom stereocenters. The second kappa shape index (κ2) is 10.1. The molecule has 2 aromatic carbocycles. The number of carboxylic acids is 1. The number of pyridine rings is 1. The van der Waals surface area contributed by atoms with Crippen molar-refractivity contribution >= 4 is 48.9 Å². The number of hydrogen-bond acceptors (Lipinski definition) is 7. The summed E-state index contributed by atoms with van der Waals surface area (Å²) in [5.74, 6) is -2.76. The molecular weight excluding hydrogens is 505 g/mol. The predicted molar refractivity (Wildman–Crippen MR) is 123 cm³/mol. The van der Waals surface area contributed by atoms with E-state index in [1.54, 1.807) is 73.4 Å². The zero-order chi connectivity index (χ0) is 25.8. The maximum Gasteiger partial charge on any atom is 0.490 e. The number of nitrogens with zero attached hydrogens (tertiary/aromatic N) is 4. The molecule has 180 valence electrons. The number of fused-ring (bicyclic) bond motifs is 1. The van der Waals surface area contributed by atoms with Gasteiger partial charge in [-0.3, -0.25) is 4.98 Å². The van der Waals surface area contributed by atoms with Gasteiger partial charge in [0, 0.05) is 29.4 Å². The number of benzene rings is 2. The third-order valence-electron chi connectivity index (χ3n) is 4.53. The van der Waals surface area contributed by atoms with Crippen LogP contribution in [0.3, 0.4) is 0 Å². The van der Waals surface area contributed by atoms with Gasteiger partial charge in [0.05, 0.1) is 22.2 Å². The third kappa shape index (κ3) is 5.73. The summed E-state index contributed by atoms with van der Waals surface area (Å²) in [6, 6.07) is 13.7. The number of carboxylic acid groups (broad SMARTS) is 1. The lowest BCUT2D eigenvalue weighted by Crippen LogP contribution is -2.27. The molecule has 4 aromatic rings. The fourth-order valence-electron chi connectivity index (χ4n) is 2.93. The monoisotopic (exact) mass is 520 g/mol. The molecule has 0 amide bonds. The molecule has 35 heavy (non-hydrogen) atoms. The van der Waals surface area contributed by atoms with E-state index in [0.717, 1.165) is 10.8 Å². The summed E-state index contributed by atoms with van der Waals surface area (Å²) in [4.78, 5) is 17.3. The summed E-state index contributed by atoms with van der Waals surface area (Å²) in [6.07, 6.45) is -0.204. The number of aromatic nitrogens is 2. The van der Waals surface area contributed by atoms with Crippen molar-refractivity contribution in [2.45, 2.75) is 18.0 Å². The molecule has 4 rings (SSSR count). The lowest BCUT2D eigenvalue weighted by Gasteiger charge is -2.23. The topological polar surface area (TPSA) is 124 Å². The van der Waals surface area contributed by atoms with Gasteiger partial charge in [0.2, 0.25) is 5.13 Å². The van der Waals surface area contributed by atoms with Crippen LogP contribution in [0.15, 0.2) is 71.3 Å². The van der Waals surface area contributed by atoms with Gasteiger partial charge in [0.1, 0.15) is 0 Å². The van der Waals surface area contributed by atoms with Crippen molar-refractivity contribution in [2.75, 3.05) is 4.31 Å². The molecule has 0 fully saturated rings. The second-order valence-corrected chi connectivity index (χ2v) is 9.54. The van der Waals surface area contributed by atoms with Gasteiger partial charge in [-0.2, -0.15) is 18.4 Å². The zero-order valence-corrected chi connectivity index (χ0v) is 19.4. The minimum absolute atomic E-state index is 0.158. The number of alkyl halides is 3. The van der Waals surface area contributed by atoms with Gasteiger partial charge in [-0.05, 0) is 54.3 Å². The summed E-state index contributed by atoms with van der Waals surface area (Å²) in [7, 11) is -3.93. The Bertz CT molecular complexity index is 1520. The number of anilines is 2. The molecule has 0 aliphatic heterocycles. The molecule has 0 spiro atoms. The number of aliphatic carboxylic acids is 1. The normalized spacial score (nSPS) is 11.3. The average Bonchev–Trinajstić information content (AvgIpc) is 3.33. The van der Waals surface area contributed by atoms with E-state index in [-0.39, 0.29) is 4.90 Å². The Morgan fingerprint density at radius 1 is 1.11 bits per heavy atom. The number of halogens is 3. The van der Waals surface area contributed by atoms with Crippen LogP contribution in [-0.2, 0) is 14.8 Å². The first-order valence-corrected chi connectivity index (χ1v) is 11.9. The Morgan fingerprint density at radius 3 is 2.40 bits per heavy atom. The van der Waals surface area contributed by atoms with Crippen molar-refractivity contribution < 1.29 is 31.5 Å². The first kappa shape index (κ1) is 25.6. The maximum absolute atomic E-state index is 13.6. The Hall–Kier alpha value is -4.02. The van der Waals surface area contributed by atoms with Gasteiger partial charge in [-0.25, -0.2) is 22.5 Å². The summed E-state index contributed by atoms with van der Waals surface area (Å²) in [5.41, 5.74) is 1.60. The van der Waals surface area contributed by atoms with E-state index >= 15 is 0 Å². The Morgan fingerprint density at radius 2 is 1.83 bits per heavy atom. The Balaban J connectivity index is 0.000000429. The summed E-state index contributed by atoms with van der Waals surface area (Å²) in [5, 5.41) is 19.9. The molecule has 8 nitrogen and oxygen atoms in total. The van der Waals surface area contributed by atoms with E-state index in [4.69, 9.17) is 15.2 Å². The zero-order valence-electron chi connectivity index (χ0n) is 17.8. The van der Waals surface area contributed by atoms with Gasteiger partial charge in [0.15, 0.2) is 0 Å². The van der Waals surface area contributed by atoms with E-state index in [1.165, 1.54) is 15.6 Å². The predicted octanol–water partition coefficient (Wildman–Crippen LogP) is 5.03. The molecule has 13 heteroatoms. The summed E-state index contributed by atoms with van der Waals surface area (Å²) < 4.78 is 60.2. The van der Waals surface area contributed by atoms with Crippen LogP contribution < -0.4 is 4.31 Å². The maximum atomic E-state index is 13.6. The van der Waals surface area contributed by atoms with E-state index in [1.807, 2.05) is 0 Å². The highest BCUT2D eigenvalue weighted by molar-refractivity contribution is 7.93. The van der Waals surface area contributed by atoms with Gasteiger partial charge >= 0.3 is 12.1 Å². The largest absolute Gasteiger partial charge is 0.490 e. The second-order valence-electron chi connectivity index (χ2n) is 6.88. The fourth-order valence-corrected chi connectivity index (χ4v) is 5.36. The first-order chi connectivity index (χ1) is 16.4. The smallest absolute Gasteiger partial charge is 0.475 e. The number of rotatable bonds is 4. The Labute approximate surface area is 201 Å². The van der Waals surface area contributed by atoms with Crippen LogP contribution in [0.2, 0.25) is 0 Å². The van der Waals surface area contributed by atoms with Crippen LogP contribution in [0.1, 0.15) is 11.1 Å². The van der Waals surface area contributed by atoms with Crippen molar-refractivity contribution in [2.24, 2.45) is 0 Å². The molecule has 0 aliphatic carbocycles. The van der Waals surface area contributed by atoms with Crippen LogP contribution in [0.5, 0.6) is 0 Å². The molecule has 0 saturated heterocycles. The highest BCUT2D eigenvalue weighted by Crippen LogP contribution is 2.36. The Kier molecular flexibility index (Phi) is 7.37. The lowest BCUT2D eigenvalue weighted by molar-refractivity contribution is -0.192. The number of sulfonamides is 1. The molecule has 0 bridgehead atoms. The summed E-state index contributed by atoms with van der Waals surface area (Å²) >= 11 is 1.23. The molecule has 0 unspecified atom stereocenters. The van der Waals surface area contributed by atoms with Crippen molar-refractivity contribution in [1.29, 1.82) is 5.26 Å². The van der Waals surface area contributed by atoms with Crippen molar-refractivity contribution in [3.63, 3.8) is 0 Å². The van der Waals surface area contributed by atoms with Gasteiger partial charge in [0.25, 0.3) is 10.0 Å². The highest BCUT2D eigenvalue weighted by Gasteiger charge is 2.38. The van der Waals surface area contributed by atoms with Crippen molar-refractivity contribution in [1.82, 2.24) is 9.97 Å². The fraction of sp³-hybridized carbons (Fsp3) is 0.0909. The number of carbonyl (C=O) groups is 1. The molecule has 0 radical (unpaired) electrons. The highest BCUT2D eigenvalue weighted by atomic mass is 32.2. The molecule has 2 heterocycles. The first-order valence-electron chi connectivity index (χ1n) is 9.54. The standard InChI is InChI=1S/C20H14N4O2S2.C2HF3O2/c1-14-10-15(12-21)2-5-19(14)24(20-23-8-9-27-20)28(25,26)18-4-3-17-13-22-7-6-16(17)11-18;3-2(4,5)1(6)7/h2-11,13H,1H3;(H,6,7). The lowest BCUT2D eigenvalue weighted by atomic mass is 10.1.